The maximum Gasteiger partial charge on any atom is 0.325 e. The van der Waals surface area contributed by atoms with Crippen molar-refractivity contribution >= 4 is 11.9 Å². The second kappa shape index (κ2) is 5.65. The topological polar surface area (TPSA) is 49.4 Å². The Kier molecular flexibility index (Phi) is 4.12. The monoisotopic (exact) mass is 274 g/mol. The van der Waals surface area contributed by atoms with Crippen LogP contribution in [-0.4, -0.2) is 28.9 Å². The Bertz CT molecular complexity index is 500. The van der Waals surface area contributed by atoms with Crippen molar-refractivity contribution in [1.82, 2.24) is 10.2 Å². The molecule has 1 heterocycles. The van der Waals surface area contributed by atoms with Gasteiger partial charge in [0.2, 0.25) is 0 Å². The van der Waals surface area contributed by atoms with E-state index >= 15 is 0 Å². The molecule has 1 saturated heterocycles. The zero-order valence-electron chi connectivity index (χ0n) is 12.3. The summed E-state index contributed by atoms with van der Waals surface area (Å²) in [6.07, 6.45) is 1.47. The molecule has 0 aromatic heterocycles. The van der Waals surface area contributed by atoms with Crippen LogP contribution in [0, 0.1) is 5.92 Å². The molecular formula is C16H22N2O2. The number of amides is 3. The average molecular weight is 274 g/mol. The second-order valence-electron chi connectivity index (χ2n) is 5.85. The van der Waals surface area contributed by atoms with Gasteiger partial charge in [0.25, 0.3) is 5.91 Å². The lowest BCUT2D eigenvalue weighted by molar-refractivity contribution is -0.131. The van der Waals surface area contributed by atoms with E-state index in [0.29, 0.717) is 18.9 Å². The molecule has 3 amide bonds. The molecule has 1 N–H and O–H groups in total. The third kappa shape index (κ3) is 2.84. The van der Waals surface area contributed by atoms with Gasteiger partial charge in [-0.25, -0.2) is 4.79 Å². The minimum Gasteiger partial charge on any atom is -0.323 e. The fourth-order valence-corrected chi connectivity index (χ4v) is 2.48. The average Bonchev–Trinajstić information content (AvgIpc) is 2.63. The van der Waals surface area contributed by atoms with E-state index in [9.17, 15) is 9.59 Å². The molecule has 20 heavy (non-hydrogen) atoms. The number of hydrogen-bond donors (Lipinski definition) is 1. The molecule has 2 atom stereocenters. The predicted octanol–water partition coefficient (Wildman–Crippen LogP) is 2.59. The molecule has 1 aliphatic rings. The standard InChI is InChI=1S/C16H22N2O2/c1-4-12(2)11-18-14(19)16(3,17-15(18)20)10-13-8-6-5-7-9-13/h5-9,12H,4,10-11H2,1-3H3,(H,17,20)/t12-,16+/m0/s1. The van der Waals surface area contributed by atoms with Crippen LogP contribution < -0.4 is 5.32 Å². The molecule has 2 rings (SSSR count). The van der Waals surface area contributed by atoms with Crippen LogP contribution in [0.4, 0.5) is 4.79 Å². The van der Waals surface area contributed by atoms with Gasteiger partial charge in [-0.15, -0.1) is 0 Å². The van der Waals surface area contributed by atoms with Gasteiger partial charge in [0, 0.05) is 13.0 Å². The molecule has 1 aliphatic heterocycles. The molecule has 4 nitrogen and oxygen atoms in total. The van der Waals surface area contributed by atoms with Crippen molar-refractivity contribution in [1.29, 1.82) is 0 Å². The Hall–Kier alpha value is -1.84. The lowest BCUT2D eigenvalue weighted by Crippen LogP contribution is -2.46. The van der Waals surface area contributed by atoms with Crippen LogP contribution in [0.3, 0.4) is 0 Å². The number of nitrogens with one attached hydrogen (secondary N) is 1. The van der Waals surface area contributed by atoms with E-state index < -0.39 is 5.54 Å². The summed E-state index contributed by atoms with van der Waals surface area (Å²) in [5.41, 5.74) is 0.223. The molecule has 4 heteroatoms. The van der Waals surface area contributed by atoms with Crippen molar-refractivity contribution in [3.05, 3.63) is 35.9 Å². The first kappa shape index (κ1) is 14.6. The maximum atomic E-state index is 12.5. The van der Waals surface area contributed by atoms with Gasteiger partial charge in [-0.3, -0.25) is 9.69 Å². The van der Waals surface area contributed by atoms with Crippen LogP contribution in [0.2, 0.25) is 0 Å². The first-order chi connectivity index (χ1) is 9.46. The Morgan fingerprint density at radius 3 is 2.50 bits per heavy atom. The van der Waals surface area contributed by atoms with Gasteiger partial charge in [0.05, 0.1) is 0 Å². The van der Waals surface area contributed by atoms with Crippen LogP contribution >= 0.6 is 0 Å². The van der Waals surface area contributed by atoms with E-state index in [0.717, 1.165) is 12.0 Å². The van der Waals surface area contributed by atoms with Gasteiger partial charge in [-0.2, -0.15) is 0 Å². The maximum absolute atomic E-state index is 12.5. The molecular weight excluding hydrogens is 252 g/mol. The lowest BCUT2D eigenvalue weighted by atomic mass is 9.92. The smallest absolute Gasteiger partial charge is 0.323 e. The number of imide groups is 1. The van der Waals surface area contributed by atoms with Gasteiger partial charge in [-0.1, -0.05) is 50.6 Å². The summed E-state index contributed by atoms with van der Waals surface area (Å²) in [5, 5.41) is 2.85. The molecule has 0 spiro atoms. The summed E-state index contributed by atoms with van der Waals surface area (Å²) < 4.78 is 0. The largest absolute Gasteiger partial charge is 0.325 e. The van der Waals surface area contributed by atoms with Crippen LogP contribution in [0.5, 0.6) is 0 Å². The summed E-state index contributed by atoms with van der Waals surface area (Å²) in [5.74, 6) is 0.204. The van der Waals surface area contributed by atoms with Crippen LogP contribution in [0.25, 0.3) is 0 Å². The number of hydrogen-bond acceptors (Lipinski definition) is 2. The fourth-order valence-electron chi connectivity index (χ4n) is 2.48. The zero-order chi connectivity index (χ0) is 14.8. The van der Waals surface area contributed by atoms with E-state index in [4.69, 9.17) is 0 Å². The Labute approximate surface area is 120 Å². The Morgan fingerprint density at radius 2 is 1.90 bits per heavy atom. The number of benzene rings is 1. The highest BCUT2D eigenvalue weighted by atomic mass is 16.2. The second-order valence-corrected chi connectivity index (χ2v) is 5.85. The van der Waals surface area contributed by atoms with Crippen molar-refractivity contribution in [2.75, 3.05) is 6.54 Å². The van der Waals surface area contributed by atoms with Crippen LogP contribution in [0.15, 0.2) is 30.3 Å². The normalized spacial score (nSPS) is 23.9. The molecule has 1 aromatic rings. The molecule has 0 unspecified atom stereocenters. The van der Waals surface area contributed by atoms with E-state index in [1.807, 2.05) is 37.3 Å². The summed E-state index contributed by atoms with van der Waals surface area (Å²) in [7, 11) is 0. The molecule has 0 saturated carbocycles. The number of rotatable bonds is 5. The molecule has 0 bridgehead atoms. The van der Waals surface area contributed by atoms with E-state index in [1.165, 1.54) is 4.90 Å². The minimum atomic E-state index is -0.827. The first-order valence-electron chi connectivity index (χ1n) is 7.14. The first-order valence-corrected chi connectivity index (χ1v) is 7.14. The quantitative estimate of drug-likeness (QED) is 0.839. The Balaban J connectivity index is 2.13. The number of carbonyl (C=O) groups is 2. The van der Waals surface area contributed by atoms with Crippen molar-refractivity contribution < 1.29 is 9.59 Å². The highest BCUT2D eigenvalue weighted by molar-refractivity contribution is 6.06. The van der Waals surface area contributed by atoms with Crippen molar-refractivity contribution in [3.63, 3.8) is 0 Å². The third-order valence-corrected chi connectivity index (χ3v) is 3.94. The SMILES string of the molecule is CC[C@H](C)CN1C(=O)N[C@](C)(Cc2ccccc2)C1=O. The van der Waals surface area contributed by atoms with E-state index in [1.54, 1.807) is 6.92 Å². The summed E-state index contributed by atoms with van der Waals surface area (Å²) in [4.78, 5) is 25.9. The third-order valence-electron chi connectivity index (χ3n) is 3.94. The lowest BCUT2D eigenvalue weighted by Gasteiger charge is -2.22. The fraction of sp³-hybridized carbons (Fsp3) is 0.500. The molecule has 108 valence electrons. The molecule has 0 radical (unpaired) electrons. The molecule has 0 aliphatic carbocycles. The van der Waals surface area contributed by atoms with Gasteiger partial charge in [0.15, 0.2) is 0 Å². The van der Waals surface area contributed by atoms with Crippen molar-refractivity contribution in [2.24, 2.45) is 5.92 Å². The van der Waals surface area contributed by atoms with E-state index in [2.05, 4.69) is 12.2 Å². The van der Waals surface area contributed by atoms with Gasteiger partial charge in [-0.05, 0) is 18.4 Å². The highest BCUT2D eigenvalue weighted by Gasteiger charge is 2.47. The van der Waals surface area contributed by atoms with Crippen molar-refractivity contribution in [3.8, 4) is 0 Å². The number of urea groups is 1. The summed E-state index contributed by atoms with van der Waals surface area (Å²) in [6, 6.07) is 9.50. The highest BCUT2D eigenvalue weighted by Crippen LogP contribution is 2.23. The van der Waals surface area contributed by atoms with Crippen LogP contribution in [0.1, 0.15) is 32.8 Å². The molecule has 1 fully saturated rings. The molecule has 1 aromatic carbocycles. The zero-order valence-corrected chi connectivity index (χ0v) is 12.3. The van der Waals surface area contributed by atoms with Gasteiger partial charge < -0.3 is 5.32 Å². The van der Waals surface area contributed by atoms with E-state index in [-0.39, 0.29) is 11.9 Å². The number of carbonyl (C=O) groups excluding carboxylic acids is 2. The van der Waals surface area contributed by atoms with Crippen LogP contribution in [-0.2, 0) is 11.2 Å². The summed E-state index contributed by atoms with van der Waals surface area (Å²) in [6.45, 7) is 6.40. The van der Waals surface area contributed by atoms with Crippen molar-refractivity contribution in [2.45, 2.75) is 39.2 Å². The van der Waals surface area contributed by atoms with Gasteiger partial charge in [0.1, 0.15) is 5.54 Å². The number of nitrogens with zero attached hydrogens (tertiary/aromatic N) is 1. The Morgan fingerprint density at radius 1 is 1.25 bits per heavy atom. The minimum absolute atomic E-state index is 0.119. The summed E-state index contributed by atoms with van der Waals surface area (Å²) >= 11 is 0. The predicted molar refractivity (Wildman–Crippen MR) is 78.3 cm³/mol. The van der Waals surface area contributed by atoms with Gasteiger partial charge >= 0.3 is 6.03 Å².